The number of alkyl carbamates (subject to hydrolysis) is 1. The summed E-state index contributed by atoms with van der Waals surface area (Å²) < 4.78 is 5.18. The fourth-order valence-electron chi connectivity index (χ4n) is 2.56. The van der Waals surface area contributed by atoms with E-state index in [0.717, 1.165) is 11.4 Å². The van der Waals surface area contributed by atoms with E-state index in [1.165, 1.54) is 23.1 Å². The van der Waals surface area contributed by atoms with Crippen molar-refractivity contribution in [1.82, 2.24) is 5.32 Å². The number of imide groups is 1. The van der Waals surface area contributed by atoms with Gasteiger partial charge in [-0.3, -0.25) is 9.69 Å². The molecule has 0 aliphatic rings. The number of ether oxygens (including phenoxy) is 1. The lowest BCUT2D eigenvalue weighted by Crippen LogP contribution is -2.40. The molecule has 0 atom stereocenters. The second-order valence-corrected chi connectivity index (χ2v) is 6.11. The van der Waals surface area contributed by atoms with Gasteiger partial charge in [0.05, 0.1) is 18.5 Å². The molecular weight excluding hydrogens is 396 g/mol. The number of urea groups is 2. The largest absolute Gasteiger partial charge is 0.453 e. The maximum atomic E-state index is 12.8. The molecule has 0 spiro atoms. The zero-order valence-electron chi connectivity index (χ0n) is 15.8. The molecule has 3 N–H and O–H groups in total. The number of nitrogens with zero attached hydrogens (tertiary/aromatic N) is 2. The molecule has 0 bridgehead atoms. The smallest absolute Gasteiger partial charge is 0.415 e. The minimum absolute atomic E-state index is 0.0807. The lowest BCUT2D eigenvalue weighted by Gasteiger charge is -2.26. The summed E-state index contributed by atoms with van der Waals surface area (Å²) in [7, 11) is 1.10. The van der Waals surface area contributed by atoms with E-state index in [-0.39, 0.29) is 29.3 Å². The number of nitrogens with two attached hydrogens (primary N) is 1. The van der Waals surface area contributed by atoms with E-state index < -0.39 is 18.2 Å². The molecule has 0 saturated carbocycles. The number of carbonyl (C=O) groups excluding carboxylic acids is 4. The molecule has 0 aliphatic carbocycles. The highest BCUT2D eigenvalue weighted by Gasteiger charge is 2.24. The predicted octanol–water partition coefficient (Wildman–Crippen LogP) is 2.95. The SMILES string of the molecule is CCN(C(N)=O)c1ccc(C(=O)c2ccccc2)cc1N(S)C(=O)NC(=O)OC. The average molecular weight is 416 g/mol. The van der Waals surface area contributed by atoms with Crippen LogP contribution in [0.15, 0.2) is 48.5 Å². The molecular formula is C19H20N4O5S. The topological polar surface area (TPSA) is 122 Å². The van der Waals surface area contributed by atoms with Gasteiger partial charge in [0.25, 0.3) is 0 Å². The van der Waals surface area contributed by atoms with Crippen molar-refractivity contribution in [3.63, 3.8) is 0 Å². The standard InChI is InChI=1S/C19H20N4O5S/c1-3-22(17(20)25)14-10-9-13(16(24)12-7-5-4-6-8-12)11-15(14)23(29)18(26)21-19(27)28-2/h4-11,29H,3H2,1-2H3,(H2,20,25)(H,21,26,27). The Morgan fingerprint density at radius 2 is 1.69 bits per heavy atom. The molecule has 0 aromatic heterocycles. The minimum Gasteiger partial charge on any atom is -0.453 e. The first kappa shape index (κ1) is 21.8. The Hall–Kier alpha value is -3.53. The van der Waals surface area contributed by atoms with E-state index in [4.69, 9.17) is 5.73 Å². The van der Waals surface area contributed by atoms with Gasteiger partial charge in [-0.2, -0.15) is 0 Å². The van der Waals surface area contributed by atoms with Gasteiger partial charge in [-0.25, -0.2) is 24.0 Å². The fraction of sp³-hybridized carbons (Fsp3) is 0.158. The monoisotopic (exact) mass is 416 g/mol. The van der Waals surface area contributed by atoms with E-state index in [1.807, 2.05) is 5.32 Å². The minimum atomic E-state index is -0.991. The molecule has 0 unspecified atom stereocenters. The number of ketones is 1. The molecule has 0 radical (unpaired) electrons. The molecule has 2 aromatic rings. The number of nitrogens with one attached hydrogen (secondary N) is 1. The summed E-state index contributed by atoms with van der Waals surface area (Å²) in [5.41, 5.74) is 6.43. The molecule has 2 aromatic carbocycles. The Kier molecular flexibility index (Phi) is 7.21. The van der Waals surface area contributed by atoms with Crippen molar-refractivity contribution in [2.75, 3.05) is 22.9 Å². The Labute approximate surface area is 173 Å². The number of benzene rings is 2. The number of hydrogen-bond acceptors (Lipinski definition) is 6. The van der Waals surface area contributed by atoms with E-state index >= 15 is 0 Å². The van der Waals surface area contributed by atoms with Crippen LogP contribution >= 0.6 is 12.8 Å². The van der Waals surface area contributed by atoms with Crippen molar-refractivity contribution in [3.05, 3.63) is 59.7 Å². The first-order valence-corrected chi connectivity index (χ1v) is 8.88. The first-order valence-electron chi connectivity index (χ1n) is 8.48. The number of amides is 5. The quantitative estimate of drug-likeness (QED) is 0.511. The Morgan fingerprint density at radius 3 is 2.24 bits per heavy atom. The van der Waals surface area contributed by atoms with Crippen LogP contribution in [-0.2, 0) is 4.74 Å². The summed E-state index contributed by atoms with van der Waals surface area (Å²) in [4.78, 5) is 49.4. The third-order valence-electron chi connectivity index (χ3n) is 3.96. The lowest BCUT2D eigenvalue weighted by molar-refractivity contribution is 0.103. The molecule has 152 valence electrons. The Morgan fingerprint density at radius 1 is 1.03 bits per heavy atom. The van der Waals surface area contributed by atoms with Gasteiger partial charge >= 0.3 is 18.2 Å². The van der Waals surface area contributed by atoms with Crippen LogP contribution < -0.4 is 20.3 Å². The Balaban J connectivity index is 2.53. The van der Waals surface area contributed by atoms with Crippen LogP contribution in [0.25, 0.3) is 0 Å². The summed E-state index contributed by atoms with van der Waals surface area (Å²) in [6, 6.07) is 11.2. The van der Waals surface area contributed by atoms with Crippen molar-refractivity contribution in [3.8, 4) is 0 Å². The number of rotatable bonds is 5. The molecule has 0 saturated heterocycles. The van der Waals surface area contributed by atoms with E-state index in [2.05, 4.69) is 17.6 Å². The van der Waals surface area contributed by atoms with E-state index in [1.54, 1.807) is 37.3 Å². The number of methoxy groups -OCH3 is 1. The Bertz CT molecular complexity index is 935. The van der Waals surface area contributed by atoms with Crippen molar-refractivity contribution in [1.29, 1.82) is 0 Å². The second kappa shape index (κ2) is 9.60. The molecule has 0 heterocycles. The fourth-order valence-corrected chi connectivity index (χ4v) is 2.77. The number of carbonyl (C=O) groups is 4. The zero-order chi connectivity index (χ0) is 21.6. The molecule has 2 rings (SSSR count). The van der Waals surface area contributed by atoms with Crippen LogP contribution in [0.3, 0.4) is 0 Å². The third kappa shape index (κ3) is 5.05. The number of anilines is 2. The van der Waals surface area contributed by atoms with Gasteiger partial charge in [-0.15, -0.1) is 0 Å². The first-order chi connectivity index (χ1) is 13.8. The number of primary amides is 1. The lowest BCUT2D eigenvalue weighted by atomic mass is 10.0. The van der Waals surface area contributed by atoms with Crippen LogP contribution in [-0.4, -0.2) is 37.6 Å². The van der Waals surface area contributed by atoms with Gasteiger partial charge < -0.3 is 10.5 Å². The summed E-state index contributed by atoms with van der Waals surface area (Å²) in [5.74, 6) is -0.296. The van der Waals surface area contributed by atoms with Gasteiger partial charge in [0.15, 0.2) is 5.78 Å². The van der Waals surface area contributed by atoms with Gasteiger partial charge in [0.2, 0.25) is 0 Å². The van der Waals surface area contributed by atoms with Crippen molar-refractivity contribution < 1.29 is 23.9 Å². The maximum Gasteiger partial charge on any atom is 0.415 e. The molecule has 10 heteroatoms. The maximum absolute atomic E-state index is 12.8. The highest BCUT2D eigenvalue weighted by Crippen LogP contribution is 2.32. The summed E-state index contributed by atoms with van der Waals surface area (Å²) in [6.07, 6.45) is -0.991. The highest BCUT2D eigenvalue weighted by molar-refractivity contribution is 7.82. The highest BCUT2D eigenvalue weighted by atomic mass is 32.1. The van der Waals surface area contributed by atoms with Crippen molar-refractivity contribution >= 4 is 48.1 Å². The third-order valence-corrected chi connectivity index (χ3v) is 4.36. The van der Waals surface area contributed by atoms with Crippen molar-refractivity contribution in [2.24, 2.45) is 5.73 Å². The molecule has 29 heavy (non-hydrogen) atoms. The second-order valence-electron chi connectivity index (χ2n) is 5.71. The summed E-state index contributed by atoms with van der Waals surface area (Å²) in [6.45, 7) is 1.89. The molecule has 5 amide bonds. The van der Waals surface area contributed by atoms with Gasteiger partial charge in [-0.1, -0.05) is 43.1 Å². The summed E-state index contributed by atoms with van der Waals surface area (Å²) in [5, 5.41) is 1.95. The normalized spacial score (nSPS) is 10.0. The van der Waals surface area contributed by atoms with Crippen LogP contribution in [0.4, 0.5) is 25.8 Å². The van der Waals surface area contributed by atoms with Gasteiger partial charge in [-0.05, 0) is 25.1 Å². The summed E-state index contributed by atoms with van der Waals surface area (Å²) >= 11 is 4.13. The molecule has 9 nitrogen and oxygen atoms in total. The zero-order valence-corrected chi connectivity index (χ0v) is 16.7. The van der Waals surface area contributed by atoms with Gasteiger partial charge in [0.1, 0.15) is 0 Å². The average Bonchev–Trinajstić information content (AvgIpc) is 2.73. The van der Waals surface area contributed by atoms with E-state index in [0.29, 0.717) is 5.56 Å². The van der Waals surface area contributed by atoms with Gasteiger partial charge in [0, 0.05) is 17.7 Å². The van der Waals surface area contributed by atoms with Crippen LogP contribution in [0.2, 0.25) is 0 Å². The van der Waals surface area contributed by atoms with Crippen molar-refractivity contribution in [2.45, 2.75) is 6.92 Å². The van der Waals surface area contributed by atoms with Crippen LogP contribution in [0.5, 0.6) is 0 Å². The predicted molar refractivity (Wildman–Crippen MR) is 111 cm³/mol. The molecule has 0 fully saturated rings. The number of thiol groups is 1. The number of hydrogen-bond donors (Lipinski definition) is 3. The van der Waals surface area contributed by atoms with Crippen LogP contribution in [0.1, 0.15) is 22.8 Å². The van der Waals surface area contributed by atoms with E-state index in [9.17, 15) is 19.2 Å². The van der Waals surface area contributed by atoms with Crippen LogP contribution in [0, 0.1) is 0 Å². The molecule has 0 aliphatic heterocycles.